The summed E-state index contributed by atoms with van der Waals surface area (Å²) in [6, 6.07) is 4.18. The molecular weight excluding hydrogens is 184 g/mol. The molecule has 0 saturated heterocycles. The summed E-state index contributed by atoms with van der Waals surface area (Å²) in [5.41, 5.74) is 0.364. The van der Waals surface area contributed by atoms with Crippen LogP contribution in [0.1, 0.15) is 27.6 Å². The van der Waals surface area contributed by atoms with Gasteiger partial charge in [-0.3, -0.25) is 4.79 Å². The molecular formula is C10H10O4. The SMILES string of the molecule is COc1ccc(C(=O)O)cc1C(C)=O. The van der Waals surface area contributed by atoms with Gasteiger partial charge in [0, 0.05) is 0 Å². The molecule has 0 radical (unpaired) electrons. The molecule has 0 bridgehead atoms. The van der Waals surface area contributed by atoms with Gasteiger partial charge < -0.3 is 9.84 Å². The number of rotatable bonds is 3. The van der Waals surface area contributed by atoms with E-state index in [4.69, 9.17) is 9.84 Å². The van der Waals surface area contributed by atoms with Crippen LogP contribution in [0.2, 0.25) is 0 Å². The van der Waals surface area contributed by atoms with Gasteiger partial charge in [0.2, 0.25) is 0 Å². The van der Waals surface area contributed by atoms with E-state index >= 15 is 0 Å². The average Bonchev–Trinajstić information content (AvgIpc) is 2.16. The maximum absolute atomic E-state index is 11.1. The van der Waals surface area contributed by atoms with E-state index in [0.29, 0.717) is 5.75 Å². The van der Waals surface area contributed by atoms with Crippen LogP contribution in [0, 0.1) is 0 Å². The lowest BCUT2D eigenvalue weighted by Gasteiger charge is -2.05. The molecule has 0 aromatic heterocycles. The summed E-state index contributed by atoms with van der Waals surface area (Å²) in [6.45, 7) is 1.36. The summed E-state index contributed by atoms with van der Waals surface area (Å²) in [5.74, 6) is -0.886. The predicted molar refractivity (Wildman–Crippen MR) is 50.0 cm³/mol. The molecule has 4 heteroatoms. The van der Waals surface area contributed by atoms with Gasteiger partial charge in [0.25, 0.3) is 0 Å². The van der Waals surface area contributed by atoms with Gasteiger partial charge in [-0.15, -0.1) is 0 Å². The molecule has 4 nitrogen and oxygen atoms in total. The number of carbonyl (C=O) groups excluding carboxylic acids is 1. The standard InChI is InChI=1S/C10H10O4/c1-6(11)8-5-7(10(12)13)3-4-9(8)14-2/h3-5H,1-2H3,(H,12,13). The minimum atomic E-state index is -1.06. The molecule has 0 saturated carbocycles. The quantitative estimate of drug-likeness (QED) is 0.742. The maximum atomic E-state index is 11.1. The summed E-state index contributed by atoms with van der Waals surface area (Å²) >= 11 is 0. The van der Waals surface area contributed by atoms with Gasteiger partial charge in [-0.25, -0.2) is 4.79 Å². The number of carboxylic acid groups (broad SMARTS) is 1. The van der Waals surface area contributed by atoms with Crippen molar-refractivity contribution >= 4 is 11.8 Å². The smallest absolute Gasteiger partial charge is 0.335 e. The fourth-order valence-corrected chi connectivity index (χ4v) is 1.12. The van der Waals surface area contributed by atoms with Crippen molar-refractivity contribution in [2.75, 3.05) is 7.11 Å². The minimum Gasteiger partial charge on any atom is -0.496 e. The van der Waals surface area contributed by atoms with Crippen LogP contribution in [0.3, 0.4) is 0 Å². The van der Waals surface area contributed by atoms with Gasteiger partial charge in [0.05, 0.1) is 18.2 Å². The van der Waals surface area contributed by atoms with Crippen molar-refractivity contribution in [2.45, 2.75) is 6.92 Å². The molecule has 14 heavy (non-hydrogen) atoms. The van der Waals surface area contributed by atoms with Crippen molar-refractivity contribution in [1.82, 2.24) is 0 Å². The summed E-state index contributed by atoms with van der Waals surface area (Å²) < 4.78 is 4.93. The van der Waals surface area contributed by atoms with Crippen LogP contribution in [-0.2, 0) is 0 Å². The normalized spacial score (nSPS) is 9.57. The number of benzene rings is 1. The van der Waals surface area contributed by atoms with Crippen molar-refractivity contribution in [2.24, 2.45) is 0 Å². The van der Waals surface area contributed by atoms with Crippen LogP contribution in [0.25, 0.3) is 0 Å². The van der Waals surface area contributed by atoms with Crippen LogP contribution in [0.5, 0.6) is 5.75 Å². The zero-order valence-corrected chi connectivity index (χ0v) is 7.90. The van der Waals surface area contributed by atoms with Crippen molar-refractivity contribution in [3.05, 3.63) is 29.3 Å². The molecule has 74 valence electrons. The molecule has 0 atom stereocenters. The molecule has 1 rings (SSSR count). The maximum Gasteiger partial charge on any atom is 0.335 e. The molecule has 0 fully saturated rings. The van der Waals surface area contributed by atoms with Crippen LogP contribution >= 0.6 is 0 Å². The summed E-state index contributed by atoms with van der Waals surface area (Å²) in [4.78, 5) is 21.8. The molecule has 0 spiro atoms. The topological polar surface area (TPSA) is 63.6 Å². The van der Waals surface area contributed by atoms with E-state index in [1.165, 1.54) is 32.2 Å². The average molecular weight is 194 g/mol. The largest absolute Gasteiger partial charge is 0.496 e. The van der Waals surface area contributed by atoms with E-state index < -0.39 is 5.97 Å². The Labute approximate surface area is 81.1 Å². The number of Topliss-reactive ketones (excluding diaryl/α,β-unsaturated/α-hetero) is 1. The van der Waals surface area contributed by atoms with Crippen molar-refractivity contribution < 1.29 is 19.4 Å². The summed E-state index contributed by atoms with van der Waals surface area (Å²) in [7, 11) is 1.43. The van der Waals surface area contributed by atoms with Crippen LogP contribution in [0.15, 0.2) is 18.2 Å². The molecule has 0 heterocycles. The Bertz CT molecular complexity index is 382. The number of hydrogen-bond acceptors (Lipinski definition) is 3. The van der Waals surface area contributed by atoms with Gasteiger partial charge >= 0.3 is 5.97 Å². The van der Waals surface area contributed by atoms with E-state index in [9.17, 15) is 9.59 Å². The van der Waals surface area contributed by atoms with Crippen molar-refractivity contribution in [3.8, 4) is 5.75 Å². The van der Waals surface area contributed by atoms with Crippen LogP contribution in [0.4, 0.5) is 0 Å². The fraction of sp³-hybridized carbons (Fsp3) is 0.200. The Balaban J connectivity index is 3.27. The van der Waals surface area contributed by atoms with E-state index in [0.717, 1.165) is 0 Å². The van der Waals surface area contributed by atoms with Crippen molar-refractivity contribution in [3.63, 3.8) is 0 Å². The third-order valence-electron chi connectivity index (χ3n) is 1.83. The first kappa shape index (κ1) is 10.2. The van der Waals surface area contributed by atoms with Gasteiger partial charge in [0.15, 0.2) is 5.78 Å². The predicted octanol–water partition coefficient (Wildman–Crippen LogP) is 1.60. The third kappa shape index (κ3) is 1.90. The van der Waals surface area contributed by atoms with Gasteiger partial charge in [-0.1, -0.05) is 0 Å². The highest BCUT2D eigenvalue weighted by molar-refractivity contribution is 5.99. The van der Waals surface area contributed by atoms with E-state index in [1.54, 1.807) is 0 Å². The van der Waals surface area contributed by atoms with Crippen LogP contribution < -0.4 is 4.74 Å². The number of carbonyl (C=O) groups is 2. The molecule has 0 unspecified atom stereocenters. The molecule has 1 N–H and O–H groups in total. The Morgan fingerprint density at radius 2 is 2.00 bits per heavy atom. The van der Waals surface area contributed by atoms with E-state index in [-0.39, 0.29) is 16.9 Å². The number of methoxy groups -OCH3 is 1. The van der Waals surface area contributed by atoms with Gasteiger partial charge in [-0.2, -0.15) is 0 Å². The minimum absolute atomic E-state index is 0.0796. The Hall–Kier alpha value is -1.84. The third-order valence-corrected chi connectivity index (χ3v) is 1.83. The lowest BCUT2D eigenvalue weighted by Crippen LogP contribution is -2.02. The van der Waals surface area contributed by atoms with Gasteiger partial charge in [-0.05, 0) is 25.1 Å². The number of ketones is 1. The number of aromatic carboxylic acids is 1. The Morgan fingerprint density at radius 3 is 2.43 bits per heavy atom. The number of carboxylic acids is 1. The van der Waals surface area contributed by atoms with Gasteiger partial charge in [0.1, 0.15) is 5.75 Å². The summed E-state index contributed by atoms with van der Waals surface area (Å²) in [5, 5.41) is 8.70. The lowest BCUT2D eigenvalue weighted by atomic mass is 10.1. The Kier molecular flexibility index (Phi) is 2.86. The van der Waals surface area contributed by atoms with E-state index in [1.807, 2.05) is 0 Å². The number of ether oxygens (including phenoxy) is 1. The highest BCUT2D eigenvalue weighted by Gasteiger charge is 2.11. The zero-order valence-electron chi connectivity index (χ0n) is 7.90. The first-order valence-corrected chi connectivity index (χ1v) is 3.98. The van der Waals surface area contributed by atoms with E-state index in [2.05, 4.69) is 0 Å². The van der Waals surface area contributed by atoms with Crippen LogP contribution in [-0.4, -0.2) is 24.0 Å². The second-order valence-electron chi connectivity index (χ2n) is 2.78. The number of hydrogen-bond donors (Lipinski definition) is 1. The second-order valence-corrected chi connectivity index (χ2v) is 2.78. The fourth-order valence-electron chi connectivity index (χ4n) is 1.12. The monoisotopic (exact) mass is 194 g/mol. The van der Waals surface area contributed by atoms with Crippen molar-refractivity contribution in [1.29, 1.82) is 0 Å². The lowest BCUT2D eigenvalue weighted by molar-refractivity contribution is 0.0697. The molecule has 0 aliphatic carbocycles. The second kappa shape index (κ2) is 3.91. The molecule has 0 amide bonds. The summed E-state index contributed by atoms with van der Waals surface area (Å²) in [6.07, 6.45) is 0. The molecule has 0 aliphatic heterocycles. The highest BCUT2D eigenvalue weighted by atomic mass is 16.5. The highest BCUT2D eigenvalue weighted by Crippen LogP contribution is 2.20. The molecule has 0 aliphatic rings. The zero-order chi connectivity index (χ0) is 10.7. The first-order chi connectivity index (χ1) is 6.56. The first-order valence-electron chi connectivity index (χ1n) is 3.98. The molecule has 1 aromatic rings. The Morgan fingerprint density at radius 1 is 1.36 bits per heavy atom. The molecule has 1 aromatic carbocycles.